The van der Waals surface area contributed by atoms with E-state index < -0.39 is 16.2 Å². The summed E-state index contributed by atoms with van der Waals surface area (Å²) in [5, 5.41) is 2.82. The molecule has 0 radical (unpaired) electrons. The number of urea groups is 1. The molecule has 2 aromatic carbocycles. The van der Waals surface area contributed by atoms with Crippen molar-refractivity contribution in [3.8, 4) is 0 Å². The first-order valence-electron chi connectivity index (χ1n) is 9.79. The van der Waals surface area contributed by atoms with Crippen molar-refractivity contribution in [2.75, 3.05) is 12.4 Å². The predicted molar refractivity (Wildman–Crippen MR) is 114 cm³/mol. The Morgan fingerprint density at radius 2 is 1.66 bits per heavy atom. The summed E-state index contributed by atoms with van der Waals surface area (Å²) in [5.41, 5.74) is 6.21. The first-order chi connectivity index (χ1) is 13.8. The molecule has 0 heterocycles. The van der Waals surface area contributed by atoms with Crippen LogP contribution >= 0.6 is 0 Å². The first kappa shape index (κ1) is 19.8. The van der Waals surface area contributed by atoms with Gasteiger partial charge in [0, 0.05) is 22.1 Å². The van der Waals surface area contributed by atoms with E-state index in [2.05, 4.69) is 16.1 Å². The summed E-state index contributed by atoms with van der Waals surface area (Å²) in [7, 11) is -2.67. The second kappa shape index (κ2) is 7.76. The molecule has 29 heavy (non-hydrogen) atoms. The molecule has 2 aliphatic carbocycles. The van der Waals surface area contributed by atoms with Crippen molar-refractivity contribution in [1.82, 2.24) is 9.03 Å². The Hall–Kier alpha value is -2.45. The molecule has 6 nitrogen and oxygen atoms in total. The quantitative estimate of drug-likeness (QED) is 0.771. The second-order valence-corrected chi connectivity index (χ2v) is 9.46. The number of hydrogen-bond donors (Lipinski definition) is 2. The Morgan fingerprint density at radius 1 is 1.07 bits per heavy atom. The van der Waals surface area contributed by atoms with Gasteiger partial charge in [0.25, 0.3) is 0 Å². The minimum Gasteiger partial charge on any atom is -0.307 e. The number of fused-ring (bicyclic) bond motifs is 2. The fourth-order valence-electron chi connectivity index (χ4n) is 4.23. The van der Waals surface area contributed by atoms with Crippen molar-refractivity contribution in [1.29, 1.82) is 0 Å². The minimum atomic E-state index is -4.04. The van der Waals surface area contributed by atoms with Gasteiger partial charge < -0.3 is 5.32 Å². The zero-order valence-corrected chi connectivity index (χ0v) is 17.1. The number of nitrogens with zero attached hydrogens (tertiary/aromatic N) is 1. The number of carbonyl (C=O) groups is 1. The molecule has 158 valence electrons. The van der Waals surface area contributed by atoms with Crippen molar-refractivity contribution >= 4 is 21.9 Å². The standard InChI is InChI=1S/C21H24FN3O3S.2H2/c1-25(13-14-8-10-17(22)11-9-14)29(27,28)24-21(26)23-20-18-6-2-4-15(18)12-16-5-3-7-19(16)20;;/h8-12H,2-7,13H2,1H3,(H2,23,24,26);2*1H. The summed E-state index contributed by atoms with van der Waals surface area (Å²) in [5.74, 6) is -0.389. The topological polar surface area (TPSA) is 78.5 Å². The van der Waals surface area contributed by atoms with E-state index in [1.807, 2.05) is 0 Å². The average molecular weight is 422 g/mol. The van der Waals surface area contributed by atoms with Crippen LogP contribution in [0.3, 0.4) is 0 Å². The molecule has 0 aromatic heterocycles. The molecule has 0 saturated carbocycles. The molecule has 0 bridgehead atoms. The van der Waals surface area contributed by atoms with E-state index in [1.165, 1.54) is 42.4 Å². The zero-order valence-electron chi connectivity index (χ0n) is 16.3. The van der Waals surface area contributed by atoms with Crippen LogP contribution in [0.5, 0.6) is 0 Å². The molecule has 8 heteroatoms. The van der Waals surface area contributed by atoms with E-state index in [-0.39, 0.29) is 15.2 Å². The van der Waals surface area contributed by atoms with Crippen LogP contribution < -0.4 is 10.0 Å². The monoisotopic (exact) mass is 421 g/mol. The van der Waals surface area contributed by atoms with Crippen LogP contribution in [0.4, 0.5) is 14.9 Å². The maximum atomic E-state index is 13.0. The third-order valence-corrected chi connectivity index (χ3v) is 7.06. The maximum Gasteiger partial charge on any atom is 0.333 e. The van der Waals surface area contributed by atoms with Gasteiger partial charge in [-0.15, -0.1) is 0 Å². The summed E-state index contributed by atoms with van der Waals surface area (Å²) in [6.07, 6.45) is 5.89. The fourth-order valence-corrected chi connectivity index (χ4v) is 4.99. The van der Waals surface area contributed by atoms with Gasteiger partial charge in [0.05, 0.1) is 0 Å². The van der Waals surface area contributed by atoms with Gasteiger partial charge in [-0.25, -0.2) is 13.9 Å². The summed E-state index contributed by atoms with van der Waals surface area (Å²) < 4.78 is 41.2. The van der Waals surface area contributed by atoms with Gasteiger partial charge in [0.1, 0.15) is 5.82 Å². The van der Waals surface area contributed by atoms with Crippen molar-refractivity contribution in [2.24, 2.45) is 0 Å². The summed E-state index contributed by atoms with van der Waals surface area (Å²) in [4.78, 5) is 12.6. The number of hydrogen-bond acceptors (Lipinski definition) is 3. The molecular formula is C21H28FN3O3S. The van der Waals surface area contributed by atoms with Gasteiger partial charge in [-0.2, -0.15) is 12.7 Å². The van der Waals surface area contributed by atoms with Gasteiger partial charge >= 0.3 is 16.2 Å². The lowest BCUT2D eigenvalue weighted by atomic mass is 9.99. The summed E-state index contributed by atoms with van der Waals surface area (Å²) in [6.45, 7) is 0.0268. The molecule has 2 aliphatic rings. The Morgan fingerprint density at radius 3 is 2.24 bits per heavy atom. The average Bonchev–Trinajstić information content (AvgIpc) is 3.32. The number of aryl methyl sites for hydroxylation is 2. The number of anilines is 1. The number of carbonyl (C=O) groups excluding carboxylic acids is 1. The molecule has 2 aromatic rings. The molecule has 0 aliphatic heterocycles. The van der Waals surface area contributed by atoms with Crippen LogP contribution in [-0.2, 0) is 42.4 Å². The maximum absolute atomic E-state index is 13.0. The smallest absolute Gasteiger partial charge is 0.307 e. The Kier molecular flexibility index (Phi) is 5.31. The van der Waals surface area contributed by atoms with E-state index >= 15 is 0 Å². The lowest BCUT2D eigenvalue weighted by molar-refractivity contribution is 0.256. The van der Waals surface area contributed by atoms with Crippen LogP contribution in [0.25, 0.3) is 0 Å². The van der Waals surface area contributed by atoms with Crippen LogP contribution in [-0.4, -0.2) is 25.8 Å². The van der Waals surface area contributed by atoms with Gasteiger partial charge in [0.2, 0.25) is 0 Å². The number of benzene rings is 2. The normalized spacial score (nSPS) is 15.3. The molecule has 0 saturated heterocycles. The third-order valence-electron chi connectivity index (χ3n) is 5.66. The van der Waals surface area contributed by atoms with E-state index in [1.54, 1.807) is 0 Å². The highest BCUT2D eigenvalue weighted by Gasteiger charge is 2.27. The third kappa shape index (κ3) is 4.13. The Labute approximate surface area is 173 Å². The highest BCUT2D eigenvalue weighted by Crippen LogP contribution is 2.38. The summed E-state index contributed by atoms with van der Waals surface area (Å²) >= 11 is 0. The number of nitrogens with one attached hydrogen (secondary N) is 2. The molecular weight excluding hydrogens is 393 g/mol. The lowest BCUT2D eigenvalue weighted by Gasteiger charge is -2.20. The SMILES string of the molecule is CN(Cc1ccc(F)cc1)S(=O)(=O)NC(=O)Nc1c2c(cc3c1CCC3)CCC2.[HH].[HH]. The lowest BCUT2D eigenvalue weighted by Crippen LogP contribution is -2.43. The van der Waals surface area contributed by atoms with Crippen molar-refractivity contribution in [3.05, 3.63) is 64.0 Å². The van der Waals surface area contributed by atoms with Crippen LogP contribution in [0, 0.1) is 5.82 Å². The highest BCUT2D eigenvalue weighted by molar-refractivity contribution is 7.87. The molecule has 0 fully saturated rings. The Bertz CT molecular complexity index is 1030. The number of halogens is 1. The number of rotatable bonds is 5. The Balaban J connectivity index is 0.00000171. The summed E-state index contributed by atoms with van der Waals surface area (Å²) in [6, 6.07) is 7.06. The van der Waals surface area contributed by atoms with Crippen LogP contribution in [0.2, 0.25) is 0 Å². The van der Waals surface area contributed by atoms with Crippen LogP contribution in [0.15, 0.2) is 30.3 Å². The molecule has 2 N–H and O–H groups in total. The van der Waals surface area contributed by atoms with Gasteiger partial charge in [-0.3, -0.25) is 0 Å². The number of amides is 2. The molecule has 0 spiro atoms. The van der Waals surface area contributed by atoms with E-state index in [9.17, 15) is 17.6 Å². The molecule has 2 amide bonds. The molecule has 0 unspecified atom stereocenters. The predicted octanol–water partition coefficient (Wildman–Crippen LogP) is 3.79. The second-order valence-electron chi connectivity index (χ2n) is 7.68. The van der Waals surface area contributed by atoms with Crippen molar-refractivity contribution in [3.63, 3.8) is 0 Å². The van der Waals surface area contributed by atoms with Gasteiger partial charge in [-0.1, -0.05) is 18.2 Å². The van der Waals surface area contributed by atoms with Gasteiger partial charge in [-0.05, 0) is 78.5 Å². The highest BCUT2D eigenvalue weighted by atomic mass is 32.2. The first-order valence-corrected chi connectivity index (χ1v) is 11.2. The largest absolute Gasteiger partial charge is 0.333 e. The zero-order chi connectivity index (χ0) is 20.6. The molecule has 0 atom stereocenters. The van der Waals surface area contributed by atoms with Crippen LogP contribution in [0.1, 0.15) is 43.5 Å². The minimum absolute atomic E-state index is 0. The van der Waals surface area contributed by atoms with Gasteiger partial charge in [0.15, 0.2) is 0 Å². The van der Waals surface area contributed by atoms with Crippen molar-refractivity contribution < 1.29 is 20.5 Å². The fraction of sp³-hybridized carbons (Fsp3) is 0.381. The van der Waals surface area contributed by atoms with E-state index in [0.717, 1.165) is 59.6 Å². The van der Waals surface area contributed by atoms with E-state index in [4.69, 9.17) is 0 Å². The van der Waals surface area contributed by atoms with Crippen molar-refractivity contribution in [2.45, 2.75) is 45.1 Å². The van der Waals surface area contributed by atoms with E-state index in [0.29, 0.717) is 5.56 Å². The molecule has 4 rings (SSSR count).